The Balaban J connectivity index is 0.00000280. The van der Waals surface area contributed by atoms with Gasteiger partial charge in [-0.3, -0.25) is 4.99 Å². The number of halogens is 5. The highest BCUT2D eigenvalue weighted by molar-refractivity contribution is 14.0. The summed E-state index contributed by atoms with van der Waals surface area (Å²) in [5, 5.41) is 7.78. The number of nitrogens with zero attached hydrogens (tertiary/aromatic N) is 2. The van der Waals surface area contributed by atoms with Crippen LogP contribution in [0.1, 0.15) is 35.5 Å². The number of benzene rings is 1. The maximum absolute atomic E-state index is 13.9. The van der Waals surface area contributed by atoms with Gasteiger partial charge in [-0.05, 0) is 25.0 Å². The van der Waals surface area contributed by atoms with Crippen molar-refractivity contribution in [3.8, 4) is 0 Å². The molecule has 4 nitrogen and oxygen atoms in total. The Morgan fingerprint density at radius 2 is 2.07 bits per heavy atom. The molecule has 154 valence electrons. The number of hydrogen-bond acceptors (Lipinski definition) is 3. The molecule has 1 saturated carbocycles. The van der Waals surface area contributed by atoms with Crippen LogP contribution in [0.15, 0.2) is 34.6 Å². The van der Waals surface area contributed by atoms with Gasteiger partial charge in [-0.25, -0.2) is 9.37 Å². The van der Waals surface area contributed by atoms with Gasteiger partial charge in [0.1, 0.15) is 5.82 Å². The molecule has 0 bridgehead atoms. The van der Waals surface area contributed by atoms with Crippen molar-refractivity contribution in [1.82, 2.24) is 15.6 Å². The lowest BCUT2D eigenvalue weighted by Gasteiger charge is -2.11. The average Bonchev–Trinajstić information content (AvgIpc) is 3.18. The lowest BCUT2D eigenvalue weighted by atomic mass is 10.1. The third-order valence-electron chi connectivity index (χ3n) is 4.20. The molecular formula is C18H21F4IN4S. The zero-order valence-corrected chi connectivity index (χ0v) is 18.2. The fourth-order valence-corrected chi connectivity index (χ4v) is 3.58. The fourth-order valence-electron chi connectivity index (χ4n) is 2.79. The van der Waals surface area contributed by atoms with E-state index in [1.54, 1.807) is 12.1 Å². The lowest BCUT2D eigenvalue weighted by Crippen LogP contribution is -2.39. The number of hydrogen-bond donors (Lipinski definition) is 2. The first-order chi connectivity index (χ1) is 12.9. The largest absolute Gasteiger partial charge is 0.434 e. The van der Waals surface area contributed by atoms with E-state index in [1.165, 1.54) is 6.07 Å². The molecular weight excluding hydrogens is 507 g/mol. The van der Waals surface area contributed by atoms with Crippen LogP contribution in [0.2, 0.25) is 0 Å². The van der Waals surface area contributed by atoms with Crippen molar-refractivity contribution in [3.05, 3.63) is 51.7 Å². The standard InChI is InChI=1S/C18H20F4N4S.HI/c1-2-23-17(24-8-7-16-26-15(10-27-16)18(20,21)22)25-14-9-12(14)11-5-3-4-6-13(11)19;/h3-6,10,12,14H,2,7-9H2,1H3,(H2,23,24,25);1H. The Bertz CT molecular complexity index is 809. The summed E-state index contributed by atoms with van der Waals surface area (Å²) < 4.78 is 51.6. The molecule has 0 radical (unpaired) electrons. The van der Waals surface area contributed by atoms with E-state index in [0.717, 1.165) is 23.1 Å². The first-order valence-corrected chi connectivity index (χ1v) is 9.57. The number of aliphatic imine (C=N–C) groups is 1. The molecule has 0 aliphatic heterocycles. The molecule has 0 spiro atoms. The van der Waals surface area contributed by atoms with E-state index in [4.69, 9.17) is 0 Å². The number of nitrogens with one attached hydrogen (secondary N) is 2. The molecule has 2 N–H and O–H groups in total. The van der Waals surface area contributed by atoms with Crippen LogP contribution in [0.4, 0.5) is 17.6 Å². The first kappa shape index (κ1) is 22.9. The average molecular weight is 528 g/mol. The summed E-state index contributed by atoms with van der Waals surface area (Å²) in [6.45, 7) is 2.89. The second kappa shape index (κ2) is 9.86. The normalized spacial score (nSPS) is 19.1. The topological polar surface area (TPSA) is 49.3 Å². The molecule has 2 aromatic rings. The molecule has 0 saturated heterocycles. The maximum Gasteiger partial charge on any atom is 0.434 e. The minimum atomic E-state index is -4.41. The Kier molecular flexibility index (Phi) is 8.05. The van der Waals surface area contributed by atoms with Crippen molar-refractivity contribution in [3.63, 3.8) is 0 Å². The van der Waals surface area contributed by atoms with E-state index in [2.05, 4.69) is 20.6 Å². The Morgan fingerprint density at radius 1 is 1.32 bits per heavy atom. The molecule has 3 rings (SSSR count). The Hall–Kier alpha value is -1.43. The molecule has 1 heterocycles. The second-order valence-electron chi connectivity index (χ2n) is 6.25. The monoisotopic (exact) mass is 528 g/mol. The smallest absolute Gasteiger partial charge is 0.357 e. The second-order valence-corrected chi connectivity index (χ2v) is 7.19. The number of aromatic nitrogens is 1. The predicted octanol–water partition coefficient (Wildman–Crippen LogP) is 4.57. The van der Waals surface area contributed by atoms with E-state index >= 15 is 0 Å². The van der Waals surface area contributed by atoms with E-state index in [0.29, 0.717) is 36.0 Å². The van der Waals surface area contributed by atoms with Gasteiger partial charge < -0.3 is 10.6 Å². The van der Waals surface area contributed by atoms with E-state index in [-0.39, 0.29) is 41.8 Å². The molecule has 1 fully saturated rings. The summed E-state index contributed by atoms with van der Waals surface area (Å²) in [7, 11) is 0. The summed E-state index contributed by atoms with van der Waals surface area (Å²) in [4.78, 5) is 8.00. The quantitative estimate of drug-likeness (QED) is 0.250. The summed E-state index contributed by atoms with van der Waals surface area (Å²) in [6.07, 6.45) is -3.27. The summed E-state index contributed by atoms with van der Waals surface area (Å²) in [6, 6.07) is 6.81. The van der Waals surface area contributed by atoms with Crippen LogP contribution in [0.5, 0.6) is 0 Å². The van der Waals surface area contributed by atoms with Crippen molar-refractivity contribution in [2.24, 2.45) is 4.99 Å². The van der Waals surface area contributed by atoms with Gasteiger partial charge in [0, 0.05) is 36.9 Å². The van der Waals surface area contributed by atoms with Crippen molar-refractivity contribution < 1.29 is 17.6 Å². The van der Waals surface area contributed by atoms with Crippen molar-refractivity contribution >= 4 is 41.3 Å². The zero-order chi connectivity index (χ0) is 19.4. The predicted molar refractivity (Wildman–Crippen MR) is 113 cm³/mol. The van der Waals surface area contributed by atoms with Crippen LogP contribution >= 0.6 is 35.3 Å². The van der Waals surface area contributed by atoms with Gasteiger partial charge in [0.15, 0.2) is 11.7 Å². The van der Waals surface area contributed by atoms with Crippen molar-refractivity contribution in [2.75, 3.05) is 13.1 Å². The minimum absolute atomic E-state index is 0. The van der Waals surface area contributed by atoms with Gasteiger partial charge in [0.2, 0.25) is 0 Å². The van der Waals surface area contributed by atoms with Gasteiger partial charge in [-0.15, -0.1) is 35.3 Å². The molecule has 2 unspecified atom stereocenters. The zero-order valence-electron chi connectivity index (χ0n) is 15.1. The van der Waals surface area contributed by atoms with Gasteiger partial charge in [0.05, 0.1) is 5.01 Å². The molecule has 1 aliphatic carbocycles. The highest BCUT2D eigenvalue weighted by Crippen LogP contribution is 2.41. The number of alkyl halides is 3. The van der Waals surface area contributed by atoms with Crippen LogP contribution in [-0.4, -0.2) is 30.1 Å². The number of guanidine groups is 1. The van der Waals surface area contributed by atoms with Crippen LogP contribution in [-0.2, 0) is 12.6 Å². The van der Waals surface area contributed by atoms with Crippen LogP contribution in [0.25, 0.3) is 0 Å². The van der Waals surface area contributed by atoms with Gasteiger partial charge in [0.25, 0.3) is 0 Å². The molecule has 28 heavy (non-hydrogen) atoms. The van der Waals surface area contributed by atoms with Gasteiger partial charge >= 0.3 is 6.18 Å². The van der Waals surface area contributed by atoms with E-state index in [1.807, 2.05) is 13.0 Å². The van der Waals surface area contributed by atoms with Crippen LogP contribution in [0.3, 0.4) is 0 Å². The summed E-state index contributed by atoms with van der Waals surface area (Å²) in [5.74, 6) is 0.468. The third kappa shape index (κ3) is 6.03. The summed E-state index contributed by atoms with van der Waals surface area (Å²) in [5.41, 5.74) is -0.171. The summed E-state index contributed by atoms with van der Waals surface area (Å²) >= 11 is 0.984. The third-order valence-corrected chi connectivity index (χ3v) is 5.11. The van der Waals surface area contributed by atoms with Gasteiger partial charge in [-0.1, -0.05) is 18.2 Å². The van der Waals surface area contributed by atoms with Crippen molar-refractivity contribution in [1.29, 1.82) is 0 Å². The Morgan fingerprint density at radius 3 is 2.71 bits per heavy atom. The fraction of sp³-hybridized carbons (Fsp3) is 0.444. The highest BCUT2D eigenvalue weighted by atomic mass is 127. The number of rotatable bonds is 6. The Labute approximate surface area is 181 Å². The SMILES string of the molecule is CCNC(=NCCc1nc(C(F)(F)F)cs1)NC1CC1c1ccccc1F.I. The molecule has 1 aliphatic rings. The highest BCUT2D eigenvalue weighted by Gasteiger charge is 2.40. The molecule has 2 atom stereocenters. The van der Waals surface area contributed by atoms with E-state index in [9.17, 15) is 17.6 Å². The molecule has 0 amide bonds. The minimum Gasteiger partial charge on any atom is -0.357 e. The number of thiazole rings is 1. The lowest BCUT2D eigenvalue weighted by molar-refractivity contribution is -0.140. The molecule has 10 heteroatoms. The maximum atomic E-state index is 13.9. The van der Waals surface area contributed by atoms with Crippen LogP contribution in [0, 0.1) is 5.82 Å². The van der Waals surface area contributed by atoms with Gasteiger partial charge in [-0.2, -0.15) is 13.2 Å². The van der Waals surface area contributed by atoms with Crippen molar-refractivity contribution in [2.45, 2.75) is 37.9 Å². The van der Waals surface area contributed by atoms with E-state index < -0.39 is 11.9 Å². The molecule has 1 aromatic heterocycles. The van der Waals surface area contributed by atoms with Crippen LogP contribution < -0.4 is 10.6 Å². The first-order valence-electron chi connectivity index (χ1n) is 8.69. The molecule has 1 aromatic carbocycles.